The number of likely N-dealkylation sites (tertiary alicyclic amines) is 1. The number of amides is 1. The van der Waals surface area contributed by atoms with Crippen molar-refractivity contribution in [2.75, 3.05) is 70.5 Å². The quantitative estimate of drug-likeness (QED) is 0.144. The van der Waals surface area contributed by atoms with Crippen LogP contribution >= 0.6 is 34.5 Å². The van der Waals surface area contributed by atoms with Crippen LogP contribution in [0.5, 0.6) is 11.8 Å². The van der Waals surface area contributed by atoms with E-state index in [4.69, 9.17) is 57.2 Å². The van der Waals surface area contributed by atoms with Gasteiger partial charge in [0, 0.05) is 65.4 Å². The number of fused-ring (bicyclic) bond motifs is 5. The standard InChI is InChI=1S/C48H54Cl2N10O6S/c1-26-27(2)67-47-40(26)42(30-4-8-31(49)9-5-30)51-36(46-56-55-28(3)60(46)47)23-39(62)59-18-16-58(17-19-59)32-12-14-57(15-13-32)20-21-63-33-10-6-29(7-11-33)41-34(50)22-35-45(53-41)54-48(52-35)66-38-25-65-43-37(61)24-64-44(38)43/h4-11,22,28,32,36-38,43-44,55,61H,12-21,23-25H2,1-3H3,(H,52,53,54)/t28?,36-,37+,38+,43+,44+/m0/s1. The van der Waals surface area contributed by atoms with Gasteiger partial charge in [-0.3, -0.25) is 29.9 Å². The number of nitrogens with zero attached hydrogens (tertiary/aromatic N) is 8. The Kier molecular flexibility index (Phi) is 12.4. The number of nitrogens with one attached hydrogen (secondary N) is 2. The van der Waals surface area contributed by atoms with Crippen LogP contribution in [0.15, 0.2) is 64.7 Å². The number of benzene rings is 2. The van der Waals surface area contributed by atoms with Crippen LogP contribution in [0.25, 0.3) is 22.4 Å². The first-order valence-electron chi connectivity index (χ1n) is 23.2. The topological polar surface area (TPSA) is 166 Å². The van der Waals surface area contributed by atoms with Crippen LogP contribution < -0.4 is 19.8 Å². The number of piperidine rings is 1. The monoisotopic (exact) mass is 968 g/mol. The van der Waals surface area contributed by atoms with Crippen molar-refractivity contribution in [1.29, 1.82) is 0 Å². The number of hydrazone groups is 1. The lowest BCUT2D eigenvalue weighted by Gasteiger charge is -2.43. The number of aromatic nitrogens is 3. The van der Waals surface area contributed by atoms with Gasteiger partial charge in [0.2, 0.25) is 5.91 Å². The number of H-pyrrole nitrogens is 1. The molecule has 3 aromatic heterocycles. The van der Waals surface area contributed by atoms with E-state index in [1.165, 1.54) is 10.4 Å². The predicted molar refractivity (Wildman–Crippen MR) is 259 cm³/mol. The Balaban J connectivity index is 0.647. The molecule has 19 heteroatoms. The van der Waals surface area contributed by atoms with Crippen LogP contribution in [0, 0.1) is 13.8 Å². The largest absolute Gasteiger partial charge is 0.492 e. The minimum atomic E-state index is -0.654. The molecular formula is C48H54Cl2N10O6S. The number of halogens is 2. The number of aliphatic imine (C=N–C) groups is 1. The molecule has 1 unspecified atom stereocenters. The lowest BCUT2D eigenvalue weighted by Crippen LogP contribution is -2.55. The van der Waals surface area contributed by atoms with Gasteiger partial charge in [0.1, 0.15) is 47.9 Å². The van der Waals surface area contributed by atoms with E-state index in [1.54, 1.807) is 17.4 Å². The van der Waals surface area contributed by atoms with E-state index in [-0.39, 0.29) is 37.3 Å². The Morgan fingerprint density at radius 2 is 1.69 bits per heavy atom. The Labute approximate surface area is 402 Å². The summed E-state index contributed by atoms with van der Waals surface area (Å²) in [7, 11) is 0. The van der Waals surface area contributed by atoms with Crippen LogP contribution in [-0.2, 0) is 14.3 Å². The molecule has 4 saturated heterocycles. The second-order valence-corrected chi connectivity index (χ2v) is 20.3. The first-order valence-corrected chi connectivity index (χ1v) is 24.8. The number of imidazole rings is 1. The van der Waals surface area contributed by atoms with Gasteiger partial charge in [-0.1, -0.05) is 35.3 Å². The smallest absolute Gasteiger partial charge is 0.296 e. The van der Waals surface area contributed by atoms with Crippen molar-refractivity contribution >= 4 is 68.2 Å². The number of ether oxygens (including phenoxy) is 4. The zero-order valence-corrected chi connectivity index (χ0v) is 40.0. The molecule has 0 bridgehead atoms. The summed E-state index contributed by atoms with van der Waals surface area (Å²) in [5, 5.41) is 17.1. The molecule has 2 aromatic carbocycles. The number of piperazine rings is 1. The Morgan fingerprint density at radius 1 is 0.940 bits per heavy atom. The summed E-state index contributed by atoms with van der Waals surface area (Å²) in [5.41, 5.74) is 10.0. The van der Waals surface area contributed by atoms with Crippen molar-refractivity contribution in [3.8, 4) is 23.0 Å². The molecule has 11 rings (SSSR count). The number of aromatic amines is 1. The summed E-state index contributed by atoms with van der Waals surface area (Å²) < 4.78 is 23.6. The number of thiophene rings is 1. The fraction of sp³-hybridized carbons (Fsp3) is 0.479. The first kappa shape index (κ1) is 44.6. The average Bonchev–Trinajstić information content (AvgIpc) is 4.15. The molecule has 1 amide bonds. The fourth-order valence-electron chi connectivity index (χ4n) is 10.3. The van der Waals surface area contributed by atoms with E-state index in [0.29, 0.717) is 65.3 Å². The van der Waals surface area contributed by atoms with Gasteiger partial charge >= 0.3 is 0 Å². The zero-order valence-electron chi connectivity index (χ0n) is 37.7. The van der Waals surface area contributed by atoms with E-state index in [0.717, 1.165) is 84.6 Å². The maximum absolute atomic E-state index is 14.1. The SMILES string of the molecule is Cc1sc2c(c1C)C(c1ccc(Cl)cc1)=N[C@@H](CC(=O)N1CCN(C3CCN(CCOc4ccc(-c5nc6nc(O[C@@H]7CO[C@H]8[C@@H]7OC[C@H]8O)[nH]c6cc5Cl)cc4)CC3)CC1)C1=NNC(C)N12. The highest BCUT2D eigenvalue weighted by molar-refractivity contribution is 7.17. The maximum Gasteiger partial charge on any atom is 0.296 e. The minimum absolute atomic E-state index is 0.0516. The van der Waals surface area contributed by atoms with E-state index in [2.05, 4.69) is 50.9 Å². The van der Waals surface area contributed by atoms with Crippen LogP contribution in [-0.4, -0.2) is 161 Å². The molecule has 4 fully saturated rings. The number of rotatable bonds is 11. The summed E-state index contributed by atoms with van der Waals surface area (Å²) >= 11 is 14.8. The van der Waals surface area contributed by atoms with Crippen molar-refractivity contribution in [1.82, 2.24) is 35.1 Å². The third-order valence-electron chi connectivity index (χ3n) is 14.1. The number of carbonyl (C=O) groups is 1. The van der Waals surface area contributed by atoms with E-state index < -0.39 is 18.2 Å². The number of aliphatic hydroxyl groups is 1. The number of hydrogen-bond acceptors (Lipinski definition) is 15. The van der Waals surface area contributed by atoms with Gasteiger partial charge in [-0.25, -0.2) is 4.98 Å². The van der Waals surface area contributed by atoms with Crippen LogP contribution in [0.4, 0.5) is 5.00 Å². The average molecular weight is 970 g/mol. The molecule has 6 aliphatic heterocycles. The molecule has 0 radical (unpaired) electrons. The highest BCUT2D eigenvalue weighted by atomic mass is 35.5. The Hall–Kier alpha value is -4.85. The van der Waals surface area contributed by atoms with Crippen molar-refractivity contribution in [3.63, 3.8) is 0 Å². The highest BCUT2D eigenvalue weighted by Gasteiger charge is 2.49. The summed E-state index contributed by atoms with van der Waals surface area (Å²) in [6, 6.07) is 17.8. The molecular weight excluding hydrogens is 916 g/mol. The van der Waals surface area contributed by atoms with Crippen molar-refractivity contribution in [2.45, 2.75) is 82.7 Å². The molecule has 67 heavy (non-hydrogen) atoms. The van der Waals surface area contributed by atoms with Crippen molar-refractivity contribution in [3.05, 3.63) is 86.2 Å². The molecule has 6 aliphatic rings. The molecule has 6 atom stereocenters. The predicted octanol–water partition coefficient (Wildman–Crippen LogP) is 5.88. The summed E-state index contributed by atoms with van der Waals surface area (Å²) in [5.74, 6) is 1.69. The molecule has 0 saturated carbocycles. The number of pyridine rings is 1. The molecule has 0 aliphatic carbocycles. The number of aryl methyl sites for hydroxylation is 1. The van der Waals surface area contributed by atoms with Gasteiger partial charge < -0.3 is 33.9 Å². The number of aliphatic hydroxyl groups excluding tert-OH is 1. The third kappa shape index (κ3) is 8.77. The Morgan fingerprint density at radius 3 is 2.46 bits per heavy atom. The van der Waals surface area contributed by atoms with Crippen LogP contribution in [0.3, 0.4) is 0 Å². The number of anilines is 1. The maximum atomic E-state index is 14.1. The molecule has 16 nitrogen and oxygen atoms in total. The van der Waals surface area contributed by atoms with Gasteiger partial charge in [-0.2, -0.15) is 10.1 Å². The van der Waals surface area contributed by atoms with Crippen LogP contribution in [0.1, 0.15) is 47.8 Å². The van der Waals surface area contributed by atoms with E-state index in [9.17, 15) is 9.90 Å². The van der Waals surface area contributed by atoms with E-state index >= 15 is 0 Å². The van der Waals surface area contributed by atoms with E-state index in [1.807, 2.05) is 53.4 Å². The van der Waals surface area contributed by atoms with Gasteiger partial charge in [-0.05, 0) is 94.7 Å². The second kappa shape index (κ2) is 18.6. The molecule has 0 spiro atoms. The molecule has 5 aromatic rings. The fourth-order valence-corrected chi connectivity index (χ4v) is 11.9. The van der Waals surface area contributed by atoms with Crippen LogP contribution in [0.2, 0.25) is 10.0 Å². The molecule has 3 N–H and O–H groups in total. The summed E-state index contributed by atoms with van der Waals surface area (Å²) in [4.78, 5) is 42.4. The zero-order chi connectivity index (χ0) is 45.9. The summed E-state index contributed by atoms with van der Waals surface area (Å²) in [6.07, 6.45) is 0.610. The second-order valence-electron chi connectivity index (χ2n) is 18.2. The van der Waals surface area contributed by atoms with Gasteiger partial charge in [-0.15, -0.1) is 11.3 Å². The first-order chi connectivity index (χ1) is 32.5. The van der Waals surface area contributed by atoms with Gasteiger partial charge in [0.05, 0.1) is 41.6 Å². The van der Waals surface area contributed by atoms with Gasteiger partial charge in [0.25, 0.3) is 6.01 Å². The molecule has 9 heterocycles. The minimum Gasteiger partial charge on any atom is -0.492 e. The lowest BCUT2D eigenvalue weighted by molar-refractivity contribution is -0.133. The third-order valence-corrected chi connectivity index (χ3v) is 15.8. The lowest BCUT2D eigenvalue weighted by atomic mass is 9.99. The number of hydrogen-bond donors (Lipinski definition) is 3. The molecule has 352 valence electrons. The number of amidine groups is 1. The van der Waals surface area contributed by atoms with Crippen molar-refractivity contribution < 1.29 is 28.8 Å². The van der Waals surface area contributed by atoms with Gasteiger partial charge in [0.15, 0.2) is 17.6 Å². The van der Waals surface area contributed by atoms with Crippen molar-refractivity contribution in [2.24, 2.45) is 10.1 Å². The summed E-state index contributed by atoms with van der Waals surface area (Å²) in [6.45, 7) is 13.5. The normalized spacial score (nSPS) is 25.6. The highest BCUT2D eigenvalue weighted by Crippen LogP contribution is 2.42. The number of carbonyl (C=O) groups excluding carboxylic acids is 1. The Bertz CT molecular complexity index is 2700.